The van der Waals surface area contributed by atoms with Crippen molar-refractivity contribution < 1.29 is 4.79 Å². The van der Waals surface area contributed by atoms with Crippen molar-refractivity contribution in [3.05, 3.63) is 71.4 Å². The highest BCUT2D eigenvalue weighted by Crippen LogP contribution is 2.24. The van der Waals surface area contributed by atoms with Crippen LogP contribution in [0.4, 0.5) is 0 Å². The van der Waals surface area contributed by atoms with Crippen molar-refractivity contribution in [1.29, 1.82) is 0 Å². The molecule has 0 unspecified atom stereocenters. The van der Waals surface area contributed by atoms with Crippen molar-refractivity contribution in [3.63, 3.8) is 0 Å². The monoisotopic (exact) mass is 377 g/mol. The molecule has 3 heterocycles. The zero-order valence-electron chi connectivity index (χ0n) is 15.1. The fraction of sp³-hybridized carbons (Fsp3) is 0.200. The molecule has 0 aliphatic heterocycles. The van der Waals surface area contributed by atoms with Crippen LogP contribution in [0.15, 0.2) is 54.4 Å². The molecule has 136 valence electrons. The molecule has 0 saturated carbocycles. The molecule has 1 atom stereocenters. The summed E-state index contributed by atoms with van der Waals surface area (Å²) in [5, 5.41) is 4.87. The zero-order chi connectivity index (χ0) is 18.8. The molecule has 0 fully saturated rings. The smallest absolute Gasteiger partial charge is 0.269 e. The average molecular weight is 377 g/mol. The van der Waals surface area contributed by atoms with E-state index in [0.717, 1.165) is 21.9 Å². The number of aryl methyl sites for hydroxylation is 1. The van der Waals surface area contributed by atoms with Crippen LogP contribution in [0.2, 0.25) is 0 Å². The second-order valence-corrected chi connectivity index (χ2v) is 7.38. The molecule has 6 nitrogen and oxygen atoms in total. The van der Waals surface area contributed by atoms with Crippen LogP contribution in [0.1, 0.15) is 28.7 Å². The molecule has 27 heavy (non-hydrogen) atoms. The molecule has 1 N–H and O–H groups in total. The summed E-state index contributed by atoms with van der Waals surface area (Å²) in [7, 11) is 0. The third-order valence-corrected chi connectivity index (χ3v) is 5.14. The van der Waals surface area contributed by atoms with E-state index in [1.165, 1.54) is 16.9 Å². The second-order valence-electron chi connectivity index (χ2n) is 6.54. The summed E-state index contributed by atoms with van der Waals surface area (Å²) in [6, 6.07) is 8.16. The number of imidazole rings is 1. The lowest BCUT2D eigenvalue weighted by Gasteiger charge is -2.12. The van der Waals surface area contributed by atoms with Gasteiger partial charge in [0.05, 0.1) is 11.4 Å². The molecule has 7 heteroatoms. The van der Waals surface area contributed by atoms with Crippen molar-refractivity contribution in [2.45, 2.75) is 26.3 Å². The van der Waals surface area contributed by atoms with Crippen molar-refractivity contribution >= 4 is 22.2 Å². The first-order valence-corrected chi connectivity index (χ1v) is 9.57. The van der Waals surface area contributed by atoms with E-state index >= 15 is 0 Å². The maximum Gasteiger partial charge on any atom is 0.269 e. The van der Waals surface area contributed by atoms with E-state index in [0.29, 0.717) is 12.1 Å². The van der Waals surface area contributed by atoms with Crippen molar-refractivity contribution in [2.24, 2.45) is 0 Å². The fourth-order valence-corrected chi connectivity index (χ4v) is 3.76. The van der Waals surface area contributed by atoms with Gasteiger partial charge in [-0.2, -0.15) is 0 Å². The molecule has 0 radical (unpaired) electrons. The maximum absolute atomic E-state index is 12.7. The molecule has 1 aromatic carbocycles. The van der Waals surface area contributed by atoms with E-state index in [2.05, 4.69) is 39.3 Å². The first-order chi connectivity index (χ1) is 13.1. The second kappa shape index (κ2) is 7.28. The van der Waals surface area contributed by atoms with E-state index in [1.807, 2.05) is 35.0 Å². The van der Waals surface area contributed by atoms with E-state index in [9.17, 15) is 4.79 Å². The Balaban J connectivity index is 1.52. The van der Waals surface area contributed by atoms with Gasteiger partial charge in [0.25, 0.3) is 5.91 Å². The van der Waals surface area contributed by atoms with E-state index in [-0.39, 0.29) is 11.9 Å². The number of thiazole rings is 1. The van der Waals surface area contributed by atoms with Crippen LogP contribution in [0.3, 0.4) is 0 Å². The lowest BCUT2D eigenvalue weighted by Crippen LogP contribution is -2.34. The Bertz CT molecular complexity index is 1070. The van der Waals surface area contributed by atoms with Gasteiger partial charge < -0.3 is 5.32 Å². The highest BCUT2D eigenvalue weighted by molar-refractivity contribution is 7.15. The van der Waals surface area contributed by atoms with Crippen LogP contribution in [-0.2, 0) is 6.42 Å². The fourth-order valence-electron chi connectivity index (χ4n) is 2.91. The number of carbonyl (C=O) groups is 1. The quantitative estimate of drug-likeness (QED) is 0.578. The Hall–Kier alpha value is -3.06. The molecule has 0 saturated heterocycles. The largest absolute Gasteiger partial charge is 0.348 e. The lowest BCUT2D eigenvalue weighted by atomic mass is 10.1. The molecule has 4 rings (SSSR count). The Morgan fingerprint density at radius 1 is 1.26 bits per heavy atom. The van der Waals surface area contributed by atoms with E-state index < -0.39 is 0 Å². The normalized spacial score (nSPS) is 12.2. The molecule has 0 aliphatic carbocycles. The number of hydrogen-bond donors (Lipinski definition) is 1. The van der Waals surface area contributed by atoms with Crippen LogP contribution >= 0.6 is 11.3 Å². The predicted molar refractivity (Wildman–Crippen MR) is 106 cm³/mol. The van der Waals surface area contributed by atoms with Crippen LogP contribution in [0.25, 0.3) is 16.2 Å². The van der Waals surface area contributed by atoms with Gasteiger partial charge in [-0.25, -0.2) is 4.98 Å². The molecule has 3 aromatic heterocycles. The molecule has 0 spiro atoms. The number of hydrogen-bond acceptors (Lipinski definition) is 5. The van der Waals surface area contributed by atoms with Gasteiger partial charge in [0, 0.05) is 48.2 Å². The van der Waals surface area contributed by atoms with Gasteiger partial charge in [-0.05, 0) is 13.8 Å². The Labute approximate surface area is 160 Å². The van der Waals surface area contributed by atoms with Crippen molar-refractivity contribution in [1.82, 2.24) is 24.7 Å². The summed E-state index contributed by atoms with van der Waals surface area (Å²) in [5.74, 6) is -0.120. The summed E-state index contributed by atoms with van der Waals surface area (Å²) >= 11 is 1.46. The molecule has 4 aromatic rings. The summed E-state index contributed by atoms with van der Waals surface area (Å²) in [4.78, 5) is 26.5. The Morgan fingerprint density at radius 3 is 2.81 bits per heavy atom. The van der Waals surface area contributed by atoms with Gasteiger partial charge in [0.2, 0.25) is 0 Å². The van der Waals surface area contributed by atoms with Crippen molar-refractivity contribution in [3.8, 4) is 11.3 Å². The Kier molecular flexibility index (Phi) is 4.68. The SMILES string of the molecule is Cc1ccc(-c2cn3c(C(=O)N[C@H](C)Cc4cnccn4)csc3n2)cc1. The molecule has 0 bridgehead atoms. The third kappa shape index (κ3) is 3.73. The highest BCUT2D eigenvalue weighted by atomic mass is 32.1. The van der Waals surface area contributed by atoms with E-state index in [1.54, 1.807) is 18.6 Å². The van der Waals surface area contributed by atoms with Crippen LogP contribution in [0.5, 0.6) is 0 Å². The van der Waals surface area contributed by atoms with Gasteiger partial charge in [0.1, 0.15) is 5.69 Å². The van der Waals surface area contributed by atoms with Gasteiger partial charge >= 0.3 is 0 Å². The lowest BCUT2D eigenvalue weighted by molar-refractivity contribution is 0.0934. The summed E-state index contributed by atoms with van der Waals surface area (Å²) < 4.78 is 1.85. The van der Waals surface area contributed by atoms with Gasteiger partial charge in [0.15, 0.2) is 4.96 Å². The first kappa shape index (κ1) is 17.4. The summed E-state index contributed by atoms with van der Waals surface area (Å²) in [6.07, 6.45) is 7.56. The number of aromatic nitrogens is 4. The molecule has 1 amide bonds. The highest BCUT2D eigenvalue weighted by Gasteiger charge is 2.17. The maximum atomic E-state index is 12.7. The van der Waals surface area contributed by atoms with Crippen LogP contribution in [-0.4, -0.2) is 31.3 Å². The molecular formula is C20H19N5OS. The molecule has 0 aliphatic rings. The van der Waals surface area contributed by atoms with E-state index in [4.69, 9.17) is 0 Å². The van der Waals surface area contributed by atoms with Crippen LogP contribution < -0.4 is 5.32 Å². The average Bonchev–Trinajstić information content (AvgIpc) is 3.23. The van der Waals surface area contributed by atoms with Gasteiger partial charge in [-0.15, -0.1) is 11.3 Å². The minimum atomic E-state index is -0.120. The number of fused-ring (bicyclic) bond motifs is 1. The Morgan fingerprint density at radius 2 is 2.07 bits per heavy atom. The number of nitrogens with one attached hydrogen (secondary N) is 1. The van der Waals surface area contributed by atoms with Gasteiger partial charge in [-0.1, -0.05) is 29.8 Å². The third-order valence-electron chi connectivity index (χ3n) is 4.30. The summed E-state index contributed by atoms with van der Waals surface area (Å²) in [6.45, 7) is 4.02. The first-order valence-electron chi connectivity index (χ1n) is 8.69. The number of amides is 1. The summed E-state index contributed by atoms with van der Waals surface area (Å²) in [5.41, 5.74) is 4.55. The van der Waals surface area contributed by atoms with Gasteiger partial charge in [-0.3, -0.25) is 19.2 Å². The number of nitrogens with zero attached hydrogens (tertiary/aromatic N) is 4. The minimum Gasteiger partial charge on any atom is -0.348 e. The minimum absolute atomic E-state index is 0.0516. The molecular weight excluding hydrogens is 358 g/mol. The van der Waals surface area contributed by atoms with Crippen molar-refractivity contribution in [2.75, 3.05) is 0 Å². The van der Waals surface area contributed by atoms with Crippen LogP contribution in [0, 0.1) is 6.92 Å². The zero-order valence-corrected chi connectivity index (χ0v) is 15.9. The number of benzene rings is 1. The predicted octanol–water partition coefficient (Wildman–Crippen LogP) is 3.52. The standard InChI is InChI=1S/C20H19N5OS/c1-13-3-5-15(6-4-13)17-11-25-18(12-27-20(25)24-17)19(26)23-14(2)9-16-10-21-7-8-22-16/h3-8,10-12,14H,9H2,1-2H3,(H,23,26)/t14-/m1/s1. The topological polar surface area (TPSA) is 72.2 Å². The number of rotatable bonds is 5. The number of carbonyl (C=O) groups excluding carboxylic acids is 1.